The minimum Gasteiger partial charge on any atom is -0.508 e. The Morgan fingerprint density at radius 1 is 1.35 bits per heavy atom. The summed E-state index contributed by atoms with van der Waals surface area (Å²) >= 11 is 0. The molecule has 1 aliphatic heterocycles. The fourth-order valence-corrected chi connectivity index (χ4v) is 2.79. The number of rotatable bonds is 5. The van der Waals surface area contributed by atoms with E-state index in [0.717, 1.165) is 37.9 Å². The van der Waals surface area contributed by atoms with Crippen LogP contribution in [0.25, 0.3) is 0 Å². The van der Waals surface area contributed by atoms with Crippen molar-refractivity contribution in [2.75, 3.05) is 13.1 Å². The number of para-hydroxylation sites is 1. The van der Waals surface area contributed by atoms with Gasteiger partial charge in [-0.15, -0.1) is 0 Å². The molecular weight excluding hydrogens is 252 g/mol. The largest absolute Gasteiger partial charge is 0.508 e. The Labute approximate surface area is 120 Å². The van der Waals surface area contributed by atoms with E-state index in [-0.39, 0.29) is 23.7 Å². The quantitative estimate of drug-likeness (QED) is 0.868. The Morgan fingerprint density at radius 2 is 2.00 bits per heavy atom. The zero-order chi connectivity index (χ0) is 14.5. The Hall–Kier alpha value is -1.55. The van der Waals surface area contributed by atoms with Crippen LogP contribution in [0.1, 0.15) is 44.7 Å². The molecule has 0 saturated carbocycles. The highest BCUT2D eigenvalue weighted by atomic mass is 16.3. The fraction of sp³-hybridized carbons (Fsp3) is 0.562. The predicted molar refractivity (Wildman–Crippen MR) is 79.6 cm³/mol. The van der Waals surface area contributed by atoms with E-state index in [1.54, 1.807) is 6.07 Å². The summed E-state index contributed by atoms with van der Waals surface area (Å²) in [6.07, 6.45) is 3.04. The summed E-state index contributed by atoms with van der Waals surface area (Å²) in [5, 5.41) is 13.3. The van der Waals surface area contributed by atoms with E-state index in [2.05, 4.69) is 12.2 Å². The molecule has 1 aromatic carbocycles. The third-order valence-electron chi connectivity index (χ3n) is 3.96. The van der Waals surface area contributed by atoms with Gasteiger partial charge in [0.05, 0.1) is 6.04 Å². The van der Waals surface area contributed by atoms with Gasteiger partial charge in [0, 0.05) is 24.7 Å². The standard InChI is InChI=1S/C16H24N2O2/c1-3-14(13-8-4-5-9-15(13)19)17-12(2)16(20)18-10-6-7-11-18/h4-5,8-9,12,14,17,19H,3,6-7,10-11H2,1-2H3. The van der Waals surface area contributed by atoms with Crippen molar-refractivity contribution in [3.63, 3.8) is 0 Å². The maximum absolute atomic E-state index is 12.3. The van der Waals surface area contributed by atoms with Crippen LogP contribution in [-0.4, -0.2) is 35.0 Å². The van der Waals surface area contributed by atoms with E-state index >= 15 is 0 Å². The molecule has 20 heavy (non-hydrogen) atoms. The Balaban J connectivity index is 2.02. The Bertz CT molecular complexity index is 456. The molecule has 2 rings (SSSR count). The fourth-order valence-electron chi connectivity index (χ4n) is 2.79. The molecule has 0 aromatic heterocycles. The van der Waals surface area contributed by atoms with Crippen molar-refractivity contribution in [2.24, 2.45) is 0 Å². The minimum atomic E-state index is -0.224. The van der Waals surface area contributed by atoms with E-state index in [1.165, 1.54) is 0 Å². The molecule has 2 atom stereocenters. The number of nitrogens with zero attached hydrogens (tertiary/aromatic N) is 1. The van der Waals surface area contributed by atoms with Crippen molar-refractivity contribution < 1.29 is 9.90 Å². The van der Waals surface area contributed by atoms with Gasteiger partial charge in [-0.3, -0.25) is 10.1 Å². The number of hydrogen-bond acceptors (Lipinski definition) is 3. The van der Waals surface area contributed by atoms with Crippen molar-refractivity contribution in [1.82, 2.24) is 10.2 Å². The van der Waals surface area contributed by atoms with Crippen molar-refractivity contribution in [2.45, 2.75) is 45.2 Å². The molecule has 2 unspecified atom stereocenters. The van der Waals surface area contributed by atoms with Gasteiger partial charge in [0.25, 0.3) is 0 Å². The first-order valence-electron chi connectivity index (χ1n) is 7.46. The molecule has 1 heterocycles. The summed E-state index contributed by atoms with van der Waals surface area (Å²) in [5.74, 6) is 0.448. The van der Waals surface area contributed by atoms with Crippen molar-refractivity contribution >= 4 is 5.91 Å². The highest BCUT2D eigenvalue weighted by Gasteiger charge is 2.25. The number of aromatic hydroxyl groups is 1. The van der Waals surface area contributed by atoms with Crippen LogP contribution >= 0.6 is 0 Å². The number of carbonyl (C=O) groups is 1. The lowest BCUT2D eigenvalue weighted by molar-refractivity contribution is -0.132. The van der Waals surface area contributed by atoms with E-state index in [0.29, 0.717) is 0 Å². The van der Waals surface area contributed by atoms with E-state index in [1.807, 2.05) is 30.0 Å². The van der Waals surface area contributed by atoms with Crippen molar-refractivity contribution in [3.05, 3.63) is 29.8 Å². The second kappa shape index (κ2) is 6.75. The molecular formula is C16H24N2O2. The first kappa shape index (κ1) is 14.9. The van der Waals surface area contributed by atoms with Gasteiger partial charge >= 0.3 is 0 Å². The van der Waals surface area contributed by atoms with Crippen LogP contribution in [0.5, 0.6) is 5.75 Å². The van der Waals surface area contributed by atoms with Gasteiger partial charge in [0.2, 0.25) is 5.91 Å². The van der Waals surface area contributed by atoms with Crippen LogP contribution in [0.2, 0.25) is 0 Å². The molecule has 0 aliphatic carbocycles. The first-order valence-corrected chi connectivity index (χ1v) is 7.46. The maximum atomic E-state index is 12.3. The van der Waals surface area contributed by atoms with Crippen LogP contribution in [0.15, 0.2) is 24.3 Å². The van der Waals surface area contributed by atoms with Gasteiger partial charge < -0.3 is 10.0 Å². The maximum Gasteiger partial charge on any atom is 0.239 e. The van der Waals surface area contributed by atoms with Gasteiger partial charge in [-0.25, -0.2) is 0 Å². The Morgan fingerprint density at radius 3 is 2.60 bits per heavy atom. The summed E-state index contributed by atoms with van der Waals surface area (Å²) in [4.78, 5) is 14.2. The third-order valence-corrected chi connectivity index (χ3v) is 3.96. The third kappa shape index (κ3) is 3.31. The van der Waals surface area contributed by atoms with E-state index in [4.69, 9.17) is 0 Å². The molecule has 4 nitrogen and oxygen atoms in total. The first-order chi connectivity index (χ1) is 9.63. The Kier molecular flexibility index (Phi) is 5.01. The number of carbonyl (C=O) groups excluding carboxylic acids is 1. The summed E-state index contributed by atoms with van der Waals surface area (Å²) in [7, 11) is 0. The number of phenolic OH excluding ortho intramolecular Hbond substituents is 1. The summed E-state index contributed by atoms with van der Waals surface area (Å²) in [6, 6.07) is 7.09. The molecule has 4 heteroatoms. The SMILES string of the molecule is CCC(NC(C)C(=O)N1CCCC1)c1ccccc1O. The summed E-state index contributed by atoms with van der Waals surface area (Å²) in [5.41, 5.74) is 0.857. The molecule has 110 valence electrons. The van der Waals surface area contributed by atoms with Gasteiger partial charge in [0.1, 0.15) is 5.75 Å². The molecule has 0 bridgehead atoms. The van der Waals surface area contributed by atoms with Crippen LogP contribution in [0, 0.1) is 0 Å². The van der Waals surface area contributed by atoms with Crippen LogP contribution in [0.3, 0.4) is 0 Å². The molecule has 1 saturated heterocycles. The minimum absolute atomic E-state index is 0.00208. The predicted octanol–water partition coefficient (Wildman–Crippen LogP) is 2.44. The average Bonchev–Trinajstić information content (AvgIpc) is 2.98. The van der Waals surface area contributed by atoms with E-state index < -0.39 is 0 Å². The normalized spacial score (nSPS) is 18.0. The van der Waals surface area contributed by atoms with Crippen LogP contribution in [0.4, 0.5) is 0 Å². The smallest absolute Gasteiger partial charge is 0.239 e. The molecule has 0 spiro atoms. The second-order valence-corrected chi connectivity index (χ2v) is 5.44. The number of amides is 1. The number of benzene rings is 1. The number of nitrogens with one attached hydrogen (secondary N) is 1. The molecule has 1 aromatic rings. The number of likely N-dealkylation sites (tertiary alicyclic amines) is 1. The van der Waals surface area contributed by atoms with Gasteiger partial charge in [-0.2, -0.15) is 0 Å². The average molecular weight is 276 g/mol. The van der Waals surface area contributed by atoms with Crippen molar-refractivity contribution in [1.29, 1.82) is 0 Å². The van der Waals surface area contributed by atoms with Crippen molar-refractivity contribution in [3.8, 4) is 5.75 Å². The lowest BCUT2D eigenvalue weighted by Gasteiger charge is -2.26. The zero-order valence-electron chi connectivity index (χ0n) is 12.3. The summed E-state index contributed by atoms with van der Waals surface area (Å²) in [6.45, 7) is 5.71. The topological polar surface area (TPSA) is 52.6 Å². The molecule has 1 aliphatic rings. The second-order valence-electron chi connectivity index (χ2n) is 5.44. The van der Waals surface area contributed by atoms with Crippen LogP contribution < -0.4 is 5.32 Å². The number of phenols is 1. The van der Waals surface area contributed by atoms with E-state index in [9.17, 15) is 9.90 Å². The highest BCUT2D eigenvalue weighted by molar-refractivity contribution is 5.81. The highest BCUT2D eigenvalue weighted by Crippen LogP contribution is 2.26. The lowest BCUT2D eigenvalue weighted by atomic mass is 10.0. The summed E-state index contributed by atoms with van der Waals surface area (Å²) < 4.78 is 0. The molecule has 2 N–H and O–H groups in total. The van der Waals surface area contributed by atoms with Crippen LogP contribution in [-0.2, 0) is 4.79 Å². The lowest BCUT2D eigenvalue weighted by Crippen LogP contribution is -2.44. The molecule has 1 amide bonds. The van der Waals surface area contributed by atoms with Gasteiger partial charge in [0.15, 0.2) is 0 Å². The molecule has 0 radical (unpaired) electrons. The monoisotopic (exact) mass is 276 g/mol. The molecule has 1 fully saturated rings. The van der Waals surface area contributed by atoms with Gasteiger partial charge in [-0.05, 0) is 32.3 Å². The van der Waals surface area contributed by atoms with Gasteiger partial charge in [-0.1, -0.05) is 25.1 Å². The number of hydrogen-bond donors (Lipinski definition) is 2. The zero-order valence-corrected chi connectivity index (χ0v) is 12.3.